The smallest absolute Gasteiger partial charge is 0.310 e. The Morgan fingerprint density at radius 2 is 2.22 bits per heavy atom. The summed E-state index contributed by atoms with van der Waals surface area (Å²) in [7, 11) is 1.99. The summed E-state index contributed by atoms with van der Waals surface area (Å²) >= 11 is 0. The van der Waals surface area contributed by atoms with Gasteiger partial charge in [0.1, 0.15) is 0 Å². The largest absolute Gasteiger partial charge is 0.481 e. The van der Waals surface area contributed by atoms with Gasteiger partial charge in [-0.2, -0.15) is 0 Å². The second-order valence-electron chi connectivity index (χ2n) is 5.80. The fourth-order valence-electron chi connectivity index (χ4n) is 2.76. The van der Waals surface area contributed by atoms with Crippen molar-refractivity contribution < 1.29 is 14.6 Å². The first-order valence-electron chi connectivity index (χ1n) is 7.01. The van der Waals surface area contributed by atoms with Crippen LogP contribution in [0.2, 0.25) is 0 Å². The Bertz CT molecular complexity index is 264. The van der Waals surface area contributed by atoms with Crippen molar-refractivity contribution >= 4 is 5.97 Å². The molecule has 1 aliphatic rings. The van der Waals surface area contributed by atoms with Crippen LogP contribution in [0, 0.1) is 5.41 Å². The Morgan fingerprint density at radius 3 is 2.72 bits per heavy atom. The molecule has 1 heterocycles. The number of hydrogen-bond donors (Lipinski definition) is 1. The maximum Gasteiger partial charge on any atom is 0.310 e. The zero-order chi connectivity index (χ0) is 13.6. The predicted molar refractivity (Wildman–Crippen MR) is 71.7 cm³/mol. The van der Waals surface area contributed by atoms with E-state index in [0.29, 0.717) is 6.54 Å². The topological polar surface area (TPSA) is 49.8 Å². The third-order valence-electron chi connectivity index (χ3n) is 3.73. The lowest BCUT2D eigenvalue weighted by Gasteiger charge is -2.33. The van der Waals surface area contributed by atoms with E-state index in [2.05, 4.69) is 4.90 Å². The summed E-state index contributed by atoms with van der Waals surface area (Å²) in [6.07, 6.45) is 5.38. The number of nitrogens with zero attached hydrogens (tertiary/aromatic N) is 1. The Hall–Kier alpha value is -0.610. The molecule has 2 unspecified atom stereocenters. The number of hydrogen-bond acceptors (Lipinski definition) is 3. The number of rotatable bonds is 7. The molecule has 18 heavy (non-hydrogen) atoms. The Kier molecular flexibility index (Phi) is 6.09. The van der Waals surface area contributed by atoms with Gasteiger partial charge in [-0.05, 0) is 39.7 Å². The van der Waals surface area contributed by atoms with Gasteiger partial charge in [-0.25, -0.2) is 0 Å². The molecule has 2 atom stereocenters. The minimum Gasteiger partial charge on any atom is -0.481 e. The first-order valence-corrected chi connectivity index (χ1v) is 7.01. The van der Waals surface area contributed by atoms with E-state index in [9.17, 15) is 9.90 Å². The Balaban J connectivity index is 2.45. The minimum absolute atomic E-state index is 0.281. The van der Waals surface area contributed by atoms with Crippen molar-refractivity contribution in [3.05, 3.63) is 0 Å². The van der Waals surface area contributed by atoms with Crippen LogP contribution in [0.3, 0.4) is 0 Å². The molecule has 0 radical (unpaired) electrons. The van der Waals surface area contributed by atoms with Crippen LogP contribution >= 0.6 is 0 Å². The molecule has 4 nitrogen and oxygen atoms in total. The normalized spacial score (nSPS) is 23.9. The lowest BCUT2D eigenvalue weighted by molar-refractivity contribution is -0.149. The molecule has 0 amide bonds. The summed E-state index contributed by atoms with van der Waals surface area (Å²) in [6, 6.07) is 0. The van der Waals surface area contributed by atoms with Crippen LogP contribution < -0.4 is 0 Å². The van der Waals surface area contributed by atoms with Crippen molar-refractivity contribution in [2.45, 2.75) is 52.1 Å². The number of carboxylic acid groups (broad SMARTS) is 1. The van der Waals surface area contributed by atoms with Crippen LogP contribution in [0.1, 0.15) is 46.0 Å². The SMILES string of the molecule is CCCC(C)(CN(C)CC1CCCCO1)C(=O)O. The zero-order valence-corrected chi connectivity index (χ0v) is 11.9. The average molecular weight is 257 g/mol. The number of likely N-dealkylation sites (N-methyl/N-ethyl adjacent to an activating group) is 1. The van der Waals surface area contributed by atoms with Gasteiger partial charge in [-0.1, -0.05) is 13.3 Å². The number of aliphatic carboxylic acids is 1. The summed E-state index contributed by atoms with van der Waals surface area (Å²) in [5.41, 5.74) is -0.641. The van der Waals surface area contributed by atoms with E-state index in [1.807, 2.05) is 20.9 Å². The maximum absolute atomic E-state index is 11.4. The highest BCUT2D eigenvalue weighted by atomic mass is 16.5. The molecule has 0 aromatic carbocycles. The van der Waals surface area contributed by atoms with E-state index in [4.69, 9.17) is 4.74 Å². The van der Waals surface area contributed by atoms with Crippen molar-refractivity contribution in [1.82, 2.24) is 4.90 Å². The molecule has 0 spiro atoms. The minimum atomic E-state index is -0.694. The quantitative estimate of drug-likeness (QED) is 0.760. The van der Waals surface area contributed by atoms with E-state index in [0.717, 1.165) is 38.8 Å². The molecule has 0 bridgehead atoms. The lowest BCUT2D eigenvalue weighted by atomic mass is 9.85. The van der Waals surface area contributed by atoms with Crippen LogP contribution in [0.25, 0.3) is 0 Å². The summed E-state index contributed by atoms with van der Waals surface area (Å²) in [5, 5.41) is 9.36. The van der Waals surface area contributed by atoms with Gasteiger partial charge in [0.05, 0.1) is 11.5 Å². The predicted octanol–water partition coefficient (Wildman–Crippen LogP) is 2.38. The zero-order valence-electron chi connectivity index (χ0n) is 11.9. The summed E-state index contributed by atoms with van der Waals surface area (Å²) in [6.45, 7) is 6.16. The number of carbonyl (C=O) groups is 1. The Morgan fingerprint density at radius 1 is 1.50 bits per heavy atom. The first kappa shape index (κ1) is 15.4. The first-order chi connectivity index (χ1) is 8.48. The van der Waals surface area contributed by atoms with Crippen LogP contribution in [0.5, 0.6) is 0 Å². The van der Waals surface area contributed by atoms with Crippen molar-refractivity contribution in [2.75, 3.05) is 26.7 Å². The van der Waals surface area contributed by atoms with E-state index < -0.39 is 11.4 Å². The second-order valence-corrected chi connectivity index (χ2v) is 5.80. The van der Waals surface area contributed by atoms with Gasteiger partial charge in [0.25, 0.3) is 0 Å². The molecule has 1 saturated heterocycles. The molecule has 1 fully saturated rings. The summed E-state index contributed by atoms with van der Waals surface area (Å²) in [5.74, 6) is -0.694. The van der Waals surface area contributed by atoms with Gasteiger partial charge in [-0.15, -0.1) is 0 Å². The van der Waals surface area contributed by atoms with Gasteiger partial charge in [0, 0.05) is 19.7 Å². The van der Waals surface area contributed by atoms with E-state index >= 15 is 0 Å². The molecular weight excluding hydrogens is 230 g/mol. The molecule has 106 valence electrons. The molecule has 1 rings (SSSR count). The molecule has 1 N–H and O–H groups in total. The van der Waals surface area contributed by atoms with E-state index in [1.165, 1.54) is 6.42 Å². The number of ether oxygens (including phenoxy) is 1. The van der Waals surface area contributed by atoms with Crippen LogP contribution in [0.4, 0.5) is 0 Å². The second kappa shape index (κ2) is 7.10. The monoisotopic (exact) mass is 257 g/mol. The van der Waals surface area contributed by atoms with Crippen molar-refractivity contribution in [3.8, 4) is 0 Å². The van der Waals surface area contributed by atoms with Crippen LogP contribution in [-0.4, -0.2) is 48.8 Å². The summed E-state index contributed by atoms with van der Waals surface area (Å²) < 4.78 is 5.69. The van der Waals surface area contributed by atoms with Gasteiger partial charge in [0.15, 0.2) is 0 Å². The molecule has 0 aliphatic carbocycles. The molecule has 0 aromatic heterocycles. The van der Waals surface area contributed by atoms with Crippen molar-refractivity contribution in [1.29, 1.82) is 0 Å². The Labute approximate surface area is 110 Å². The van der Waals surface area contributed by atoms with Crippen molar-refractivity contribution in [2.24, 2.45) is 5.41 Å². The van der Waals surface area contributed by atoms with E-state index in [1.54, 1.807) is 0 Å². The lowest BCUT2D eigenvalue weighted by Crippen LogP contribution is -2.43. The highest BCUT2D eigenvalue weighted by Crippen LogP contribution is 2.25. The standard InChI is InChI=1S/C14H27NO3/c1-4-8-14(2,13(16)17)11-15(3)10-12-7-5-6-9-18-12/h12H,4-11H2,1-3H3,(H,16,17). The van der Waals surface area contributed by atoms with Gasteiger partial charge < -0.3 is 14.7 Å². The maximum atomic E-state index is 11.4. The molecule has 4 heteroatoms. The molecule has 0 aromatic rings. The van der Waals surface area contributed by atoms with Gasteiger partial charge >= 0.3 is 5.97 Å². The fraction of sp³-hybridized carbons (Fsp3) is 0.929. The molecule has 1 aliphatic heterocycles. The van der Waals surface area contributed by atoms with Gasteiger partial charge in [-0.3, -0.25) is 4.79 Å². The van der Waals surface area contributed by atoms with Crippen LogP contribution in [-0.2, 0) is 9.53 Å². The van der Waals surface area contributed by atoms with Gasteiger partial charge in [0.2, 0.25) is 0 Å². The average Bonchev–Trinajstić information content (AvgIpc) is 2.30. The van der Waals surface area contributed by atoms with E-state index in [-0.39, 0.29) is 6.10 Å². The highest BCUT2D eigenvalue weighted by molar-refractivity contribution is 5.74. The fourth-order valence-corrected chi connectivity index (χ4v) is 2.76. The highest BCUT2D eigenvalue weighted by Gasteiger charge is 2.33. The molecular formula is C14H27NO3. The third kappa shape index (κ3) is 4.58. The number of carboxylic acids is 1. The third-order valence-corrected chi connectivity index (χ3v) is 3.73. The van der Waals surface area contributed by atoms with Crippen molar-refractivity contribution in [3.63, 3.8) is 0 Å². The van der Waals surface area contributed by atoms with Crippen LogP contribution in [0.15, 0.2) is 0 Å². The molecule has 0 saturated carbocycles. The summed E-state index contributed by atoms with van der Waals surface area (Å²) in [4.78, 5) is 13.5.